The number of likely N-dealkylation sites (N-methyl/N-ethyl adjacent to an activating group) is 1. The number of nitrogens with one attached hydrogen (secondary N) is 1. The molecule has 20 heavy (non-hydrogen) atoms. The van der Waals surface area contributed by atoms with Crippen LogP contribution in [0.5, 0.6) is 0 Å². The van der Waals surface area contributed by atoms with Crippen molar-refractivity contribution >= 4 is 11.8 Å². The molecule has 0 bridgehead atoms. The number of likely N-dealkylation sites (tertiary alicyclic amines) is 1. The molecule has 2 amide bonds. The maximum Gasteiger partial charge on any atom is 0.239 e. The fourth-order valence-corrected chi connectivity index (χ4v) is 2.29. The number of amides is 2. The molecule has 1 fully saturated rings. The zero-order valence-corrected chi connectivity index (χ0v) is 12.8. The van der Waals surface area contributed by atoms with Gasteiger partial charge in [-0.1, -0.05) is 0 Å². The Labute approximate surface area is 121 Å². The Morgan fingerprint density at radius 2 is 1.95 bits per heavy atom. The number of piperidine rings is 1. The first-order valence-corrected chi connectivity index (χ1v) is 7.40. The van der Waals surface area contributed by atoms with Gasteiger partial charge in [0.25, 0.3) is 0 Å². The Kier molecular flexibility index (Phi) is 6.95. The SMILES string of the molecule is CCN(CC(=O)NC(C)C)C(=O)CN1CCC(O)CC1. The first-order chi connectivity index (χ1) is 9.42. The number of hydrogen-bond acceptors (Lipinski definition) is 4. The van der Waals surface area contributed by atoms with Gasteiger partial charge < -0.3 is 15.3 Å². The molecule has 0 aliphatic carbocycles. The fourth-order valence-electron chi connectivity index (χ4n) is 2.29. The van der Waals surface area contributed by atoms with Gasteiger partial charge in [-0.3, -0.25) is 14.5 Å². The summed E-state index contributed by atoms with van der Waals surface area (Å²) in [5.41, 5.74) is 0. The van der Waals surface area contributed by atoms with E-state index in [2.05, 4.69) is 5.32 Å². The molecular weight excluding hydrogens is 258 g/mol. The Balaban J connectivity index is 2.40. The van der Waals surface area contributed by atoms with Crippen LogP contribution in [0.3, 0.4) is 0 Å². The minimum atomic E-state index is -0.236. The van der Waals surface area contributed by atoms with Crippen molar-refractivity contribution in [1.82, 2.24) is 15.1 Å². The van der Waals surface area contributed by atoms with Gasteiger partial charge in [0, 0.05) is 25.7 Å². The van der Waals surface area contributed by atoms with Gasteiger partial charge in [0.2, 0.25) is 11.8 Å². The summed E-state index contributed by atoms with van der Waals surface area (Å²) >= 11 is 0. The molecule has 2 N–H and O–H groups in total. The van der Waals surface area contributed by atoms with Crippen LogP contribution in [0.25, 0.3) is 0 Å². The van der Waals surface area contributed by atoms with Crippen molar-refractivity contribution in [3.63, 3.8) is 0 Å². The lowest BCUT2D eigenvalue weighted by Gasteiger charge is -2.31. The molecule has 1 saturated heterocycles. The number of carbonyl (C=O) groups excluding carboxylic acids is 2. The predicted octanol–water partition coefficient (Wildman–Crippen LogP) is -0.184. The lowest BCUT2D eigenvalue weighted by molar-refractivity contribution is -0.137. The minimum absolute atomic E-state index is 0.0252. The number of nitrogens with zero attached hydrogens (tertiary/aromatic N) is 2. The third-order valence-electron chi connectivity index (χ3n) is 3.43. The average Bonchev–Trinajstić information content (AvgIpc) is 2.37. The highest BCUT2D eigenvalue weighted by Gasteiger charge is 2.22. The highest BCUT2D eigenvalue weighted by molar-refractivity contribution is 5.85. The van der Waals surface area contributed by atoms with E-state index < -0.39 is 0 Å². The van der Waals surface area contributed by atoms with E-state index in [1.54, 1.807) is 4.90 Å². The maximum absolute atomic E-state index is 12.2. The molecule has 1 rings (SSSR count). The van der Waals surface area contributed by atoms with E-state index >= 15 is 0 Å². The molecule has 116 valence electrons. The number of carbonyl (C=O) groups is 2. The van der Waals surface area contributed by atoms with Crippen molar-refractivity contribution < 1.29 is 14.7 Å². The highest BCUT2D eigenvalue weighted by Crippen LogP contribution is 2.09. The molecule has 0 aromatic heterocycles. The van der Waals surface area contributed by atoms with Gasteiger partial charge >= 0.3 is 0 Å². The minimum Gasteiger partial charge on any atom is -0.393 e. The van der Waals surface area contributed by atoms with Crippen LogP contribution >= 0.6 is 0 Å². The summed E-state index contributed by atoms with van der Waals surface area (Å²) in [6, 6.07) is 0.0832. The molecule has 6 heteroatoms. The summed E-state index contributed by atoms with van der Waals surface area (Å²) < 4.78 is 0. The zero-order chi connectivity index (χ0) is 15.1. The van der Waals surface area contributed by atoms with Crippen molar-refractivity contribution in [3.8, 4) is 0 Å². The van der Waals surface area contributed by atoms with Gasteiger partial charge in [0.15, 0.2) is 0 Å². The van der Waals surface area contributed by atoms with E-state index in [-0.39, 0.29) is 30.5 Å². The van der Waals surface area contributed by atoms with Crippen molar-refractivity contribution in [2.45, 2.75) is 45.8 Å². The lowest BCUT2D eigenvalue weighted by atomic mass is 10.1. The van der Waals surface area contributed by atoms with Crippen LogP contribution in [0.4, 0.5) is 0 Å². The topological polar surface area (TPSA) is 72.9 Å². The maximum atomic E-state index is 12.2. The van der Waals surface area contributed by atoms with Gasteiger partial charge in [0.05, 0.1) is 19.2 Å². The van der Waals surface area contributed by atoms with E-state index in [0.717, 1.165) is 13.1 Å². The summed E-state index contributed by atoms with van der Waals surface area (Å²) in [6.07, 6.45) is 1.20. The summed E-state index contributed by atoms with van der Waals surface area (Å²) in [4.78, 5) is 27.5. The predicted molar refractivity (Wildman–Crippen MR) is 77.2 cm³/mol. The number of aliphatic hydroxyl groups is 1. The second kappa shape index (κ2) is 8.21. The molecule has 6 nitrogen and oxygen atoms in total. The normalized spacial score (nSPS) is 17.2. The monoisotopic (exact) mass is 285 g/mol. The number of aliphatic hydroxyl groups excluding tert-OH is 1. The van der Waals surface area contributed by atoms with E-state index in [1.807, 2.05) is 25.7 Å². The summed E-state index contributed by atoms with van der Waals surface area (Å²) in [7, 11) is 0. The summed E-state index contributed by atoms with van der Waals surface area (Å²) in [5.74, 6) is -0.146. The van der Waals surface area contributed by atoms with Crippen molar-refractivity contribution in [1.29, 1.82) is 0 Å². The molecule has 0 atom stereocenters. The quantitative estimate of drug-likeness (QED) is 0.710. The van der Waals surface area contributed by atoms with Gasteiger partial charge in [-0.25, -0.2) is 0 Å². The molecule has 0 aromatic rings. The molecule has 0 radical (unpaired) electrons. The van der Waals surface area contributed by atoms with Crippen LogP contribution < -0.4 is 5.32 Å². The Hall–Kier alpha value is -1.14. The van der Waals surface area contributed by atoms with E-state index in [9.17, 15) is 14.7 Å². The fraction of sp³-hybridized carbons (Fsp3) is 0.857. The van der Waals surface area contributed by atoms with Crippen LogP contribution in [0.15, 0.2) is 0 Å². The third-order valence-corrected chi connectivity index (χ3v) is 3.43. The molecular formula is C14H27N3O3. The number of hydrogen-bond donors (Lipinski definition) is 2. The van der Waals surface area contributed by atoms with Crippen LogP contribution in [0.1, 0.15) is 33.6 Å². The molecule has 0 aromatic carbocycles. The summed E-state index contributed by atoms with van der Waals surface area (Å²) in [6.45, 7) is 8.12. The first-order valence-electron chi connectivity index (χ1n) is 7.40. The largest absolute Gasteiger partial charge is 0.393 e. The smallest absolute Gasteiger partial charge is 0.239 e. The highest BCUT2D eigenvalue weighted by atomic mass is 16.3. The zero-order valence-electron chi connectivity index (χ0n) is 12.8. The molecule has 1 heterocycles. The lowest BCUT2D eigenvalue weighted by Crippen LogP contribution is -2.47. The Morgan fingerprint density at radius 1 is 1.35 bits per heavy atom. The number of rotatable bonds is 6. The molecule has 0 saturated carbocycles. The molecule has 0 spiro atoms. The second-order valence-corrected chi connectivity index (χ2v) is 5.64. The Bertz CT molecular complexity index is 326. The van der Waals surface area contributed by atoms with Crippen LogP contribution in [-0.2, 0) is 9.59 Å². The van der Waals surface area contributed by atoms with Gasteiger partial charge in [0.1, 0.15) is 0 Å². The molecule has 1 aliphatic rings. The van der Waals surface area contributed by atoms with Crippen molar-refractivity contribution in [3.05, 3.63) is 0 Å². The van der Waals surface area contributed by atoms with Gasteiger partial charge in [-0.2, -0.15) is 0 Å². The van der Waals surface area contributed by atoms with Gasteiger partial charge in [-0.05, 0) is 33.6 Å². The van der Waals surface area contributed by atoms with Gasteiger partial charge in [-0.15, -0.1) is 0 Å². The van der Waals surface area contributed by atoms with Crippen molar-refractivity contribution in [2.75, 3.05) is 32.7 Å². The average molecular weight is 285 g/mol. The van der Waals surface area contributed by atoms with E-state index in [0.29, 0.717) is 25.9 Å². The molecule has 0 unspecified atom stereocenters. The first kappa shape index (κ1) is 16.9. The van der Waals surface area contributed by atoms with Crippen LogP contribution in [-0.4, -0.2) is 71.6 Å². The second-order valence-electron chi connectivity index (χ2n) is 5.64. The third kappa shape index (κ3) is 5.88. The van der Waals surface area contributed by atoms with Crippen LogP contribution in [0, 0.1) is 0 Å². The van der Waals surface area contributed by atoms with E-state index in [4.69, 9.17) is 0 Å². The standard InChI is InChI=1S/C14H27N3O3/c1-4-17(9-13(19)15-11(2)3)14(20)10-16-7-5-12(18)6-8-16/h11-12,18H,4-10H2,1-3H3,(H,15,19). The van der Waals surface area contributed by atoms with Crippen molar-refractivity contribution in [2.24, 2.45) is 0 Å². The summed E-state index contributed by atoms with van der Waals surface area (Å²) in [5, 5.41) is 12.2. The van der Waals surface area contributed by atoms with E-state index in [1.165, 1.54) is 0 Å². The van der Waals surface area contributed by atoms with Crippen LogP contribution in [0.2, 0.25) is 0 Å². The molecule has 1 aliphatic heterocycles. The Morgan fingerprint density at radius 3 is 2.45 bits per heavy atom.